The van der Waals surface area contributed by atoms with Gasteiger partial charge in [-0.3, -0.25) is 9.59 Å². The predicted octanol–water partition coefficient (Wildman–Crippen LogP) is 5.09. The molecule has 0 fully saturated rings. The zero-order valence-electron chi connectivity index (χ0n) is 18.2. The molecule has 0 atom stereocenters. The van der Waals surface area contributed by atoms with Crippen molar-refractivity contribution in [3.63, 3.8) is 0 Å². The lowest BCUT2D eigenvalue weighted by molar-refractivity contribution is -0.115. The van der Waals surface area contributed by atoms with Gasteiger partial charge in [-0.25, -0.2) is 4.39 Å². The molecule has 5 nitrogen and oxygen atoms in total. The van der Waals surface area contributed by atoms with Gasteiger partial charge in [-0.2, -0.15) is 0 Å². The molecule has 0 aromatic heterocycles. The lowest BCUT2D eigenvalue weighted by Gasteiger charge is -2.32. The fourth-order valence-corrected chi connectivity index (χ4v) is 4.09. The molecule has 4 rings (SSSR count). The topological polar surface area (TPSA) is 61.4 Å². The van der Waals surface area contributed by atoms with Gasteiger partial charge in [0.05, 0.1) is 6.54 Å². The van der Waals surface area contributed by atoms with Crippen LogP contribution in [-0.2, 0) is 11.2 Å². The van der Waals surface area contributed by atoms with E-state index >= 15 is 0 Å². The standard InChI is InChI=1S/C26H26FN3O2/c1-17-8-13-22(18(2)15-17)28-25(31)16-30-14-4-5-21-23(6-3-7-24(21)30)29-26(32)19-9-11-20(27)12-10-19/h3,6-13,15H,4-5,14,16H2,1-2H3,(H,28,31)(H,29,32). The number of benzene rings is 3. The molecular formula is C26H26FN3O2. The number of amides is 2. The van der Waals surface area contributed by atoms with E-state index in [1.165, 1.54) is 24.3 Å². The molecule has 32 heavy (non-hydrogen) atoms. The molecule has 3 aromatic rings. The maximum Gasteiger partial charge on any atom is 0.255 e. The number of halogens is 1. The van der Waals surface area contributed by atoms with Crippen LogP contribution in [-0.4, -0.2) is 24.9 Å². The van der Waals surface area contributed by atoms with Gasteiger partial charge in [0, 0.05) is 29.2 Å². The van der Waals surface area contributed by atoms with E-state index in [9.17, 15) is 14.0 Å². The van der Waals surface area contributed by atoms with Crippen LogP contribution in [0.5, 0.6) is 0 Å². The second-order valence-electron chi connectivity index (χ2n) is 8.16. The van der Waals surface area contributed by atoms with Crippen LogP contribution < -0.4 is 15.5 Å². The molecule has 1 heterocycles. The Morgan fingerprint density at radius 3 is 2.50 bits per heavy atom. The van der Waals surface area contributed by atoms with Crippen LogP contribution in [0, 0.1) is 19.7 Å². The first-order valence-electron chi connectivity index (χ1n) is 10.7. The minimum Gasteiger partial charge on any atom is -0.362 e. The van der Waals surface area contributed by atoms with E-state index in [1.807, 2.05) is 55.1 Å². The Bertz CT molecular complexity index is 1160. The average Bonchev–Trinajstić information content (AvgIpc) is 2.77. The fourth-order valence-electron chi connectivity index (χ4n) is 4.09. The summed E-state index contributed by atoms with van der Waals surface area (Å²) >= 11 is 0. The van der Waals surface area contributed by atoms with Crippen LogP contribution in [0.15, 0.2) is 60.7 Å². The lowest BCUT2D eigenvalue weighted by Crippen LogP contribution is -2.37. The summed E-state index contributed by atoms with van der Waals surface area (Å²) in [6, 6.07) is 17.1. The zero-order chi connectivity index (χ0) is 22.7. The molecule has 0 aliphatic carbocycles. The van der Waals surface area contributed by atoms with Crippen molar-refractivity contribution < 1.29 is 14.0 Å². The summed E-state index contributed by atoms with van der Waals surface area (Å²) in [6.07, 6.45) is 1.69. The first kappa shape index (κ1) is 21.6. The highest BCUT2D eigenvalue weighted by molar-refractivity contribution is 6.05. The Labute approximate surface area is 187 Å². The van der Waals surface area contributed by atoms with E-state index < -0.39 is 0 Å². The monoisotopic (exact) mass is 431 g/mol. The number of hydrogen-bond donors (Lipinski definition) is 2. The van der Waals surface area contributed by atoms with Crippen molar-refractivity contribution in [2.45, 2.75) is 26.7 Å². The minimum absolute atomic E-state index is 0.0782. The third-order valence-corrected chi connectivity index (χ3v) is 5.69. The highest BCUT2D eigenvalue weighted by Gasteiger charge is 2.22. The van der Waals surface area contributed by atoms with Gasteiger partial charge >= 0.3 is 0 Å². The highest BCUT2D eigenvalue weighted by atomic mass is 19.1. The van der Waals surface area contributed by atoms with Crippen LogP contribution in [0.2, 0.25) is 0 Å². The largest absolute Gasteiger partial charge is 0.362 e. The van der Waals surface area contributed by atoms with Gasteiger partial charge in [0.25, 0.3) is 5.91 Å². The molecule has 0 saturated heterocycles. The lowest BCUT2D eigenvalue weighted by atomic mass is 9.99. The van der Waals surface area contributed by atoms with Gasteiger partial charge in [0.1, 0.15) is 5.82 Å². The summed E-state index contributed by atoms with van der Waals surface area (Å²) in [5.41, 5.74) is 6.07. The van der Waals surface area contributed by atoms with Crippen LogP contribution in [0.25, 0.3) is 0 Å². The van der Waals surface area contributed by atoms with Crippen molar-refractivity contribution in [1.29, 1.82) is 0 Å². The predicted molar refractivity (Wildman–Crippen MR) is 126 cm³/mol. The van der Waals surface area contributed by atoms with E-state index in [0.29, 0.717) is 5.56 Å². The number of rotatable bonds is 5. The van der Waals surface area contributed by atoms with Gasteiger partial charge in [0.2, 0.25) is 5.91 Å². The smallest absolute Gasteiger partial charge is 0.255 e. The molecule has 2 N–H and O–H groups in total. The zero-order valence-corrected chi connectivity index (χ0v) is 18.2. The van der Waals surface area contributed by atoms with Crippen LogP contribution in [0.1, 0.15) is 33.5 Å². The van der Waals surface area contributed by atoms with Crippen molar-refractivity contribution in [2.75, 3.05) is 28.6 Å². The van der Waals surface area contributed by atoms with E-state index in [2.05, 4.69) is 10.6 Å². The molecule has 0 bridgehead atoms. The van der Waals surface area contributed by atoms with Crippen molar-refractivity contribution in [2.24, 2.45) is 0 Å². The van der Waals surface area contributed by atoms with Gasteiger partial charge in [-0.1, -0.05) is 23.8 Å². The van der Waals surface area contributed by atoms with Gasteiger partial charge in [-0.15, -0.1) is 0 Å². The number of carbonyl (C=O) groups is 2. The number of nitrogens with zero attached hydrogens (tertiary/aromatic N) is 1. The third kappa shape index (κ3) is 4.80. The third-order valence-electron chi connectivity index (χ3n) is 5.69. The number of carbonyl (C=O) groups excluding carboxylic acids is 2. The maximum atomic E-state index is 13.2. The summed E-state index contributed by atoms with van der Waals surface area (Å²) in [6.45, 7) is 5.00. The summed E-state index contributed by atoms with van der Waals surface area (Å²) in [4.78, 5) is 27.4. The van der Waals surface area contributed by atoms with Crippen LogP contribution in [0.3, 0.4) is 0 Å². The number of anilines is 3. The summed E-state index contributed by atoms with van der Waals surface area (Å²) < 4.78 is 13.2. The highest BCUT2D eigenvalue weighted by Crippen LogP contribution is 2.33. The second-order valence-corrected chi connectivity index (χ2v) is 8.16. The van der Waals surface area contributed by atoms with E-state index in [4.69, 9.17) is 0 Å². The quantitative estimate of drug-likeness (QED) is 0.592. The maximum absolute atomic E-state index is 13.2. The second kappa shape index (κ2) is 9.22. The summed E-state index contributed by atoms with van der Waals surface area (Å²) in [7, 11) is 0. The SMILES string of the molecule is Cc1ccc(NC(=O)CN2CCCc3c(NC(=O)c4ccc(F)cc4)cccc32)c(C)c1. The van der Waals surface area contributed by atoms with Gasteiger partial charge in [-0.05, 0) is 80.3 Å². The Kier molecular flexibility index (Phi) is 6.21. The van der Waals surface area contributed by atoms with Crippen molar-refractivity contribution in [3.8, 4) is 0 Å². The Morgan fingerprint density at radius 1 is 0.969 bits per heavy atom. The number of hydrogen-bond acceptors (Lipinski definition) is 3. The summed E-state index contributed by atoms with van der Waals surface area (Å²) in [5.74, 6) is -0.748. The molecule has 6 heteroatoms. The van der Waals surface area contributed by atoms with E-state index in [-0.39, 0.29) is 24.2 Å². The van der Waals surface area contributed by atoms with Crippen molar-refractivity contribution in [3.05, 3.63) is 88.7 Å². The molecule has 164 valence electrons. The first-order chi connectivity index (χ1) is 15.4. The molecule has 1 aliphatic heterocycles. The molecule has 3 aromatic carbocycles. The molecular weight excluding hydrogens is 405 g/mol. The Hall–Kier alpha value is -3.67. The van der Waals surface area contributed by atoms with E-state index in [1.54, 1.807) is 0 Å². The molecule has 1 aliphatic rings. The fraction of sp³-hybridized carbons (Fsp3) is 0.231. The normalized spacial score (nSPS) is 12.8. The average molecular weight is 432 g/mol. The molecule has 0 unspecified atom stereocenters. The number of aryl methyl sites for hydroxylation is 2. The number of nitrogens with one attached hydrogen (secondary N) is 2. The Morgan fingerprint density at radius 2 is 1.75 bits per heavy atom. The van der Waals surface area contributed by atoms with E-state index in [0.717, 1.165) is 53.1 Å². The minimum atomic E-state index is -0.381. The van der Waals surface area contributed by atoms with Crippen molar-refractivity contribution >= 4 is 28.9 Å². The molecule has 0 saturated carbocycles. The van der Waals surface area contributed by atoms with Crippen molar-refractivity contribution in [1.82, 2.24) is 0 Å². The van der Waals surface area contributed by atoms with Gasteiger partial charge < -0.3 is 15.5 Å². The molecule has 0 spiro atoms. The van der Waals surface area contributed by atoms with Crippen LogP contribution >= 0.6 is 0 Å². The molecule has 0 radical (unpaired) electrons. The summed E-state index contributed by atoms with van der Waals surface area (Å²) in [5, 5.41) is 5.95. The molecule has 2 amide bonds. The van der Waals surface area contributed by atoms with Crippen LogP contribution in [0.4, 0.5) is 21.5 Å². The Balaban J connectivity index is 1.49. The first-order valence-corrected chi connectivity index (χ1v) is 10.7. The van der Waals surface area contributed by atoms with Gasteiger partial charge in [0.15, 0.2) is 0 Å². The number of fused-ring (bicyclic) bond motifs is 1.